The maximum Gasteiger partial charge on any atom is 0.344 e. The monoisotopic (exact) mass is 490 g/mol. The maximum absolute atomic E-state index is 14.1. The molecule has 0 fully saturated rings. The van der Waals surface area contributed by atoms with E-state index in [0.717, 1.165) is 34.2 Å². The number of ether oxygens (including phenoxy) is 1. The number of aromatic amines is 1. The van der Waals surface area contributed by atoms with Gasteiger partial charge >= 0.3 is 5.69 Å². The molecule has 2 aromatic carbocycles. The molecule has 0 spiro atoms. The van der Waals surface area contributed by atoms with Gasteiger partial charge in [0.25, 0.3) is 0 Å². The lowest BCUT2D eigenvalue weighted by Crippen LogP contribution is -2.09. The Bertz CT molecular complexity index is 1350. The van der Waals surface area contributed by atoms with E-state index in [0.29, 0.717) is 11.3 Å². The number of H-pyrrole nitrogens is 1. The van der Waals surface area contributed by atoms with Crippen LogP contribution in [0.3, 0.4) is 0 Å². The molecule has 180 valence electrons. The van der Waals surface area contributed by atoms with Crippen LogP contribution in [0, 0.1) is 12.7 Å². The SMILES string of the molecule is C/C=S(/CCC(OCc1ccccc1F)c1ccccc1)c1nc(C)cc(-c2cnc(=O)[nH]c2)n1. The molecule has 0 saturated heterocycles. The van der Waals surface area contributed by atoms with Crippen molar-refractivity contribution in [2.24, 2.45) is 0 Å². The highest BCUT2D eigenvalue weighted by Crippen LogP contribution is 2.31. The van der Waals surface area contributed by atoms with Gasteiger partial charge in [-0.3, -0.25) is 0 Å². The highest BCUT2D eigenvalue weighted by molar-refractivity contribution is 8.14. The highest BCUT2D eigenvalue weighted by atomic mass is 32.2. The first-order valence-electron chi connectivity index (χ1n) is 11.3. The number of aromatic nitrogens is 4. The fourth-order valence-electron chi connectivity index (χ4n) is 3.66. The lowest BCUT2D eigenvalue weighted by molar-refractivity contribution is 0.0364. The molecule has 1 N–H and O–H groups in total. The van der Waals surface area contributed by atoms with Gasteiger partial charge in [0.05, 0.1) is 18.4 Å². The summed E-state index contributed by atoms with van der Waals surface area (Å²) in [6.07, 6.45) is 3.65. The van der Waals surface area contributed by atoms with Crippen LogP contribution >= 0.6 is 10.5 Å². The average Bonchev–Trinajstić information content (AvgIpc) is 2.87. The Labute approximate surface area is 206 Å². The van der Waals surface area contributed by atoms with Crippen LogP contribution in [0.1, 0.15) is 36.3 Å². The summed E-state index contributed by atoms with van der Waals surface area (Å²) in [6.45, 7) is 4.13. The predicted octanol–water partition coefficient (Wildman–Crippen LogP) is 5.47. The zero-order chi connectivity index (χ0) is 24.6. The van der Waals surface area contributed by atoms with E-state index in [1.54, 1.807) is 18.3 Å². The smallest absolute Gasteiger partial charge is 0.344 e. The number of nitrogens with zero attached hydrogens (tertiary/aromatic N) is 3. The van der Waals surface area contributed by atoms with Gasteiger partial charge in [0, 0.05) is 29.2 Å². The largest absolute Gasteiger partial charge is 0.369 e. The van der Waals surface area contributed by atoms with Gasteiger partial charge in [-0.05, 0) is 43.7 Å². The van der Waals surface area contributed by atoms with Crippen molar-refractivity contribution in [3.05, 3.63) is 106 Å². The van der Waals surface area contributed by atoms with Crippen LogP contribution < -0.4 is 5.69 Å². The number of halogens is 1. The van der Waals surface area contributed by atoms with Gasteiger partial charge in [0.15, 0.2) is 5.16 Å². The van der Waals surface area contributed by atoms with Gasteiger partial charge in [0.1, 0.15) is 5.82 Å². The Morgan fingerprint density at radius 2 is 1.89 bits per heavy atom. The Hall–Kier alpha value is -3.49. The Balaban J connectivity index is 1.54. The van der Waals surface area contributed by atoms with Crippen molar-refractivity contribution < 1.29 is 9.13 Å². The van der Waals surface area contributed by atoms with Crippen LogP contribution in [0.25, 0.3) is 11.3 Å². The lowest BCUT2D eigenvalue weighted by atomic mass is 10.1. The molecule has 35 heavy (non-hydrogen) atoms. The molecule has 6 nitrogen and oxygen atoms in total. The Morgan fingerprint density at radius 3 is 2.60 bits per heavy atom. The summed E-state index contributed by atoms with van der Waals surface area (Å²) in [5, 5.41) is 2.84. The first-order valence-corrected chi connectivity index (χ1v) is 12.8. The predicted molar refractivity (Wildman–Crippen MR) is 138 cm³/mol. The average molecular weight is 491 g/mol. The van der Waals surface area contributed by atoms with Crippen LogP contribution in [-0.2, 0) is 11.3 Å². The van der Waals surface area contributed by atoms with Crippen LogP contribution in [0.5, 0.6) is 0 Å². The second-order valence-electron chi connectivity index (χ2n) is 7.94. The van der Waals surface area contributed by atoms with Crippen LogP contribution in [0.4, 0.5) is 4.39 Å². The molecule has 2 aromatic heterocycles. The number of benzene rings is 2. The molecular formula is C27H27FN4O2S. The maximum atomic E-state index is 14.1. The molecule has 2 heterocycles. The van der Waals surface area contributed by atoms with E-state index in [-0.39, 0.29) is 29.0 Å². The van der Waals surface area contributed by atoms with E-state index in [2.05, 4.69) is 15.3 Å². The molecule has 4 aromatic rings. The van der Waals surface area contributed by atoms with E-state index in [4.69, 9.17) is 14.7 Å². The van der Waals surface area contributed by atoms with Gasteiger partial charge in [-0.1, -0.05) is 53.9 Å². The van der Waals surface area contributed by atoms with Gasteiger partial charge < -0.3 is 9.72 Å². The van der Waals surface area contributed by atoms with Gasteiger partial charge in [-0.25, -0.2) is 24.1 Å². The molecular weight excluding hydrogens is 463 g/mol. The van der Waals surface area contributed by atoms with Crippen molar-refractivity contribution in [3.8, 4) is 11.3 Å². The third kappa shape index (κ3) is 6.55. The highest BCUT2D eigenvalue weighted by Gasteiger charge is 2.16. The van der Waals surface area contributed by atoms with Crippen molar-refractivity contribution >= 4 is 15.9 Å². The second kappa shape index (κ2) is 11.8. The first kappa shape index (κ1) is 24.6. The van der Waals surface area contributed by atoms with Crippen molar-refractivity contribution in [2.45, 2.75) is 38.1 Å². The zero-order valence-electron chi connectivity index (χ0n) is 19.6. The van der Waals surface area contributed by atoms with Crippen molar-refractivity contribution in [2.75, 3.05) is 5.75 Å². The van der Waals surface area contributed by atoms with Crippen molar-refractivity contribution in [1.82, 2.24) is 19.9 Å². The van der Waals surface area contributed by atoms with Gasteiger partial charge in [-0.2, -0.15) is 0 Å². The van der Waals surface area contributed by atoms with Crippen molar-refractivity contribution in [1.29, 1.82) is 0 Å². The number of rotatable bonds is 9. The summed E-state index contributed by atoms with van der Waals surface area (Å²) in [5.74, 6) is 0.512. The minimum atomic E-state index is -0.399. The second-order valence-corrected chi connectivity index (χ2v) is 10.0. The van der Waals surface area contributed by atoms with E-state index in [1.807, 2.05) is 56.3 Å². The lowest BCUT2D eigenvalue weighted by Gasteiger charge is -2.20. The molecule has 0 saturated carbocycles. The molecule has 0 aliphatic heterocycles. The van der Waals surface area contributed by atoms with Gasteiger partial charge in [0.2, 0.25) is 0 Å². The minimum absolute atomic E-state index is 0.195. The Morgan fingerprint density at radius 1 is 1.11 bits per heavy atom. The van der Waals surface area contributed by atoms with Crippen molar-refractivity contribution in [3.63, 3.8) is 0 Å². The summed E-state index contributed by atoms with van der Waals surface area (Å²) in [7, 11) is -0.334. The normalized spacial score (nSPS) is 13.0. The standard InChI is InChI=1S/C27H27FN4O2S/c1-3-35(27-31-19(2)15-24(32-27)22-16-29-26(33)30-17-22)14-13-25(20-9-5-4-6-10-20)34-18-21-11-7-8-12-23(21)28/h3-12,15-17,25H,13-14,18H2,1-2H3,(H,29,30,33). The number of hydrogen-bond acceptors (Lipinski definition) is 5. The fraction of sp³-hybridized carbons (Fsp3) is 0.222. The summed E-state index contributed by atoms with van der Waals surface area (Å²) < 4.78 is 20.4. The Kier molecular flexibility index (Phi) is 8.28. The molecule has 0 bridgehead atoms. The van der Waals surface area contributed by atoms with Crippen LogP contribution in [-0.4, -0.2) is 31.1 Å². The molecule has 0 aliphatic rings. The molecule has 8 heteroatoms. The summed E-state index contributed by atoms with van der Waals surface area (Å²) in [5.41, 5.74) is 3.47. The third-order valence-electron chi connectivity index (χ3n) is 5.49. The van der Waals surface area contributed by atoms with Crippen LogP contribution in [0.15, 0.2) is 83.0 Å². The molecule has 0 amide bonds. The topological polar surface area (TPSA) is 80.8 Å². The van der Waals surface area contributed by atoms with Gasteiger partial charge in [-0.15, -0.1) is 10.5 Å². The number of aryl methyl sites for hydroxylation is 1. The summed E-state index contributed by atoms with van der Waals surface area (Å²) in [4.78, 5) is 27.2. The van der Waals surface area contributed by atoms with E-state index < -0.39 is 5.69 Å². The molecule has 4 rings (SSSR count). The summed E-state index contributed by atoms with van der Waals surface area (Å²) >= 11 is 0. The van der Waals surface area contributed by atoms with E-state index in [1.165, 1.54) is 12.3 Å². The quantitative estimate of drug-likeness (QED) is 0.248. The number of nitrogens with one attached hydrogen (secondary N) is 1. The molecule has 0 aliphatic carbocycles. The minimum Gasteiger partial charge on any atom is -0.369 e. The molecule has 0 radical (unpaired) electrons. The summed E-state index contributed by atoms with van der Waals surface area (Å²) in [6, 6.07) is 18.6. The van der Waals surface area contributed by atoms with E-state index >= 15 is 0 Å². The number of hydrogen-bond donors (Lipinski definition) is 1. The first-order chi connectivity index (χ1) is 17.0. The van der Waals surface area contributed by atoms with Crippen LogP contribution in [0.2, 0.25) is 0 Å². The van der Waals surface area contributed by atoms with E-state index in [9.17, 15) is 9.18 Å². The fourth-order valence-corrected chi connectivity index (χ4v) is 5.23. The third-order valence-corrected chi connectivity index (χ3v) is 7.39. The zero-order valence-corrected chi connectivity index (χ0v) is 20.5. The molecule has 2 atom stereocenters. The molecule has 2 unspecified atom stereocenters.